The predicted octanol–water partition coefficient (Wildman–Crippen LogP) is 4.20. The summed E-state index contributed by atoms with van der Waals surface area (Å²) in [5.74, 6) is 0. The molecule has 1 fully saturated rings. The Morgan fingerprint density at radius 1 is 1.07 bits per heavy atom. The van der Waals surface area contributed by atoms with Gasteiger partial charge in [0, 0.05) is 0 Å². The Morgan fingerprint density at radius 3 is 2.36 bits per heavy atom. The van der Waals surface area contributed by atoms with Gasteiger partial charge in [-0.3, -0.25) is 0 Å². The Hall–Kier alpha value is -0.780. The first-order valence-electron chi connectivity index (χ1n) is 5.82. The van der Waals surface area contributed by atoms with Crippen LogP contribution < -0.4 is 0 Å². The zero-order chi connectivity index (χ0) is 9.86. The summed E-state index contributed by atoms with van der Waals surface area (Å²) in [6, 6.07) is 10.9. The van der Waals surface area contributed by atoms with Crippen molar-refractivity contribution in [2.45, 2.75) is 45.4 Å². The summed E-state index contributed by atoms with van der Waals surface area (Å²) < 4.78 is 0. The lowest BCUT2D eigenvalue weighted by Crippen LogP contribution is -2.11. The van der Waals surface area contributed by atoms with Crippen molar-refractivity contribution < 1.29 is 0 Å². The van der Waals surface area contributed by atoms with Gasteiger partial charge in [0.1, 0.15) is 0 Å². The van der Waals surface area contributed by atoms with E-state index in [1.165, 1.54) is 44.1 Å². The lowest BCUT2D eigenvalue weighted by atomic mass is 9.83. The zero-order valence-electron chi connectivity index (χ0n) is 9.13. The van der Waals surface area contributed by atoms with Crippen molar-refractivity contribution in [2.75, 3.05) is 0 Å². The van der Waals surface area contributed by atoms with Crippen LogP contribution in [0.5, 0.6) is 0 Å². The summed E-state index contributed by atoms with van der Waals surface area (Å²) >= 11 is 0. The minimum atomic E-state index is 0.649. The number of aryl methyl sites for hydroxylation is 1. The summed E-state index contributed by atoms with van der Waals surface area (Å²) in [6.45, 7) is 2.46. The van der Waals surface area contributed by atoms with Crippen LogP contribution in [-0.4, -0.2) is 0 Å². The molecule has 0 aliphatic heterocycles. The molecule has 1 aromatic rings. The molecule has 1 aromatic carbocycles. The second kappa shape index (κ2) is 4.16. The molecule has 0 bridgehead atoms. The van der Waals surface area contributed by atoms with Crippen LogP contribution >= 0.6 is 0 Å². The number of hydrogen-bond donors (Lipinski definition) is 0. The molecule has 0 unspecified atom stereocenters. The van der Waals surface area contributed by atoms with Gasteiger partial charge in [-0.15, -0.1) is 0 Å². The van der Waals surface area contributed by atoms with Crippen molar-refractivity contribution in [2.24, 2.45) is 5.41 Å². The first-order chi connectivity index (χ1) is 6.79. The summed E-state index contributed by atoms with van der Waals surface area (Å²) in [4.78, 5) is 0. The van der Waals surface area contributed by atoms with E-state index in [2.05, 4.69) is 37.3 Å². The van der Waals surface area contributed by atoms with Gasteiger partial charge in [0.15, 0.2) is 0 Å². The fourth-order valence-electron chi connectivity index (χ4n) is 2.57. The molecule has 0 saturated heterocycles. The molecule has 0 atom stereocenters. The largest absolute Gasteiger partial charge is 0.0622 e. The number of benzene rings is 1. The second-order valence-corrected chi connectivity index (χ2v) is 5.00. The van der Waals surface area contributed by atoms with Crippen LogP contribution in [0, 0.1) is 5.41 Å². The van der Waals surface area contributed by atoms with Crippen LogP contribution in [0.25, 0.3) is 0 Å². The predicted molar refractivity (Wildman–Crippen MR) is 61.3 cm³/mol. The zero-order valence-corrected chi connectivity index (χ0v) is 9.13. The smallest absolute Gasteiger partial charge is 0.0274 e. The SMILES string of the molecule is CC1(CCc2ccccc2)CCCC1. The molecule has 1 saturated carbocycles. The minimum Gasteiger partial charge on any atom is -0.0622 e. The molecule has 0 aromatic heterocycles. The Morgan fingerprint density at radius 2 is 1.71 bits per heavy atom. The van der Waals surface area contributed by atoms with Crippen LogP contribution in [0.3, 0.4) is 0 Å². The van der Waals surface area contributed by atoms with E-state index >= 15 is 0 Å². The minimum absolute atomic E-state index is 0.649. The highest BCUT2D eigenvalue weighted by atomic mass is 14.3. The lowest BCUT2D eigenvalue weighted by Gasteiger charge is -2.23. The molecule has 2 rings (SSSR count). The highest BCUT2D eigenvalue weighted by Crippen LogP contribution is 2.41. The van der Waals surface area contributed by atoms with Crippen molar-refractivity contribution in [3.8, 4) is 0 Å². The summed E-state index contributed by atoms with van der Waals surface area (Å²) in [5.41, 5.74) is 2.15. The van der Waals surface area contributed by atoms with E-state index in [0.717, 1.165) is 0 Å². The monoisotopic (exact) mass is 188 g/mol. The van der Waals surface area contributed by atoms with Gasteiger partial charge in [-0.05, 0) is 36.7 Å². The average Bonchev–Trinajstić information content (AvgIpc) is 2.65. The van der Waals surface area contributed by atoms with Crippen LogP contribution in [0.2, 0.25) is 0 Å². The van der Waals surface area contributed by atoms with E-state index in [0.29, 0.717) is 5.41 Å². The third-order valence-corrected chi connectivity index (χ3v) is 3.67. The van der Waals surface area contributed by atoms with Crippen LogP contribution in [0.4, 0.5) is 0 Å². The second-order valence-electron chi connectivity index (χ2n) is 5.00. The average molecular weight is 188 g/mol. The van der Waals surface area contributed by atoms with E-state index in [1.807, 2.05) is 0 Å². The maximum absolute atomic E-state index is 2.46. The number of rotatable bonds is 3. The Labute approximate surface area is 87.3 Å². The van der Waals surface area contributed by atoms with E-state index in [-0.39, 0.29) is 0 Å². The fourth-order valence-corrected chi connectivity index (χ4v) is 2.57. The van der Waals surface area contributed by atoms with Crippen LogP contribution in [-0.2, 0) is 6.42 Å². The first-order valence-corrected chi connectivity index (χ1v) is 5.82. The highest BCUT2D eigenvalue weighted by Gasteiger charge is 2.27. The molecule has 1 aliphatic rings. The Kier molecular flexibility index (Phi) is 2.90. The van der Waals surface area contributed by atoms with Gasteiger partial charge in [-0.1, -0.05) is 50.1 Å². The summed E-state index contributed by atoms with van der Waals surface area (Å²) in [6.07, 6.45) is 8.42. The molecule has 0 heterocycles. The molecule has 0 heteroatoms. The van der Waals surface area contributed by atoms with Crippen molar-refractivity contribution in [1.29, 1.82) is 0 Å². The molecule has 0 amide bonds. The van der Waals surface area contributed by atoms with Crippen LogP contribution in [0.1, 0.15) is 44.6 Å². The standard InChI is InChI=1S/C14H20/c1-14(10-5-6-11-14)12-9-13-7-3-2-4-8-13/h2-4,7-8H,5-6,9-12H2,1H3. The molecule has 14 heavy (non-hydrogen) atoms. The molecule has 0 N–H and O–H groups in total. The molecule has 1 aliphatic carbocycles. The first kappa shape index (κ1) is 9.76. The number of hydrogen-bond acceptors (Lipinski definition) is 0. The van der Waals surface area contributed by atoms with E-state index in [1.54, 1.807) is 0 Å². The molecule has 0 nitrogen and oxygen atoms in total. The quantitative estimate of drug-likeness (QED) is 0.667. The maximum atomic E-state index is 2.46. The van der Waals surface area contributed by atoms with Crippen molar-refractivity contribution in [3.05, 3.63) is 35.9 Å². The van der Waals surface area contributed by atoms with Crippen LogP contribution in [0.15, 0.2) is 30.3 Å². The van der Waals surface area contributed by atoms with Gasteiger partial charge in [0.05, 0.1) is 0 Å². The normalized spacial score (nSPS) is 19.8. The molecule has 0 radical (unpaired) electrons. The topological polar surface area (TPSA) is 0 Å². The highest BCUT2D eigenvalue weighted by molar-refractivity contribution is 5.14. The van der Waals surface area contributed by atoms with Gasteiger partial charge in [0.2, 0.25) is 0 Å². The Bertz CT molecular complexity index is 267. The fraction of sp³-hybridized carbons (Fsp3) is 0.571. The van der Waals surface area contributed by atoms with Crippen molar-refractivity contribution in [3.63, 3.8) is 0 Å². The third kappa shape index (κ3) is 2.37. The van der Waals surface area contributed by atoms with Gasteiger partial charge < -0.3 is 0 Å². The van der Waals surface area contributed by atoms with Gasteiger partial charge in [-0.2, -0.15) is 0 Å². The van der Waals surface area contributed by atoms with Crippen molar-refractivity contribution >= 4 is 0 Å². The lowest BCUT2D eigenvalue weighted by molar-refractivity contribution is 0.309. The van der Waals surface area contributed by atoms with Gasteiger partial charge >= 0.3 is 0 Å². The van der Waals surface area contributed by atoms with E-state index < -0.39 is 0 Å². The van der Waals surface area contributed by atoms with Crippen molar-refractivity contribution in [1.82, 2.24) is 0 Å². The van der Waals surface area contributed by atoms with Gasteiger partial charge in [0.25, 0.3) is 0 Å². The molecular formula is C14H20. The van der Waals surface area contributed by atoms with E-state index in [4.69, 9.17) is 0 Å². The van der Waals surface area contributed by atoms with E-state index in [9.17, 15) is 0 Å². The summed E-state index contributed by atoms with van der Waals surface area (Å²) in [5, 5.41) is 0. The summed E-state index contributed by atoms with van der Waals surface area (Å²) in [7, 11) is 0. The van der Waals surface area contributed by atoms with Gasteiger partial charge in [-0.25, -0.2) is 0 Å². The molecule has 0 spiro atoms. The Balaban J connectivity index is 1.88. The molecule has 76 valence electrons. The third-order valence-electron chi connectivity index (χ3n) is 3.67. The maximum Gasteiger partial charge on any atom is -0.0274 e. The molecular weight excluding hydrogens is 168 g/mol.